The molecule has 0 atom stereocenters. The topological polar surface area (TPSA) is 89.6 Å². The van der Waals surface area contributed by atoms with E-state index in [0.717, 1.165) is 77.9 Å². The van der Waals surface area contributed by atoms with Crippen molar-refractivity contribution < 1.29 is 0 Å². The first-order valence-electron chi connectivity index (χ1n) is 22.3. The van der Waals surface area contributed by atoms with Crippen LogP contribution in [0.2, 0.25) is 0 Å². The third kappa shape index (κ3) is 7.82. The molecular formula is C56H48B2N8. The van der Waals surface area contributed by atoms with E-state index in [9.17, 15) is 11.8 Å². The molecule has 0 saturated heterocycles. The van der Waals surface area contributed by atoms with Crippen molar-refractivity contribution >= 4 is 57.6 Å². The van der Waals surface area contributed by atoms with Crippen LogP contribution < -0.4 is 32.5 Å². The molecular weight excluding hydrogens is 806 g/mol. The Morgan fingerprint density at radius 3 is 1.36 bits per heavy atom. The Hall–Kier alpha value is -8.07. The van der Waals surface area contributed by atoms with Crippen molar-refractivity contribution in [1.82, 2.24) is 28.9 Å². The van der Waals surface area contributed by atoms with Crippen molar-refractivity contribution in [2.75, 3.05) is 0 Å². The minimum absolute atomic E-state index is 0.144. The molecule has 4 heterocycles. The Morgan fingerprint density at radius 2 is 0.955 bits per heavy atom. The first-order chi connectivity index (χ1) is 32.1. The molecule has 0 bridgehead atoms. The molecule has 4 aromatic heterocycles. The number of aryl methyl sites for hydroxylation is 5. The summed E-state index contributed by atoms with van der Waals surface area (Å²) < 4.78 is 4.71. The predicted octanol–water partition coefficient (Wildman–Crippen LogP) is 7.46. The quantitative estimate of drug-likeness (QED) is 0.105. The molecule has 318 valence electrons. The summed E-state index contributed by atoms with van der Waals surface area (Å²) in [5.74, 6) is 0.536. The van der Waals surface area contributed by atoms with Gasteiger partial charge in [0.15, 0.2) is 11.6 Å². The number of hydrogen-bond donors (Lipinski definition) is 0. The van der Waals surface area contributed by atoms with Crippen molar-refractivity contribution in [3.05, 3.63) is 226 Å². The van der Waals surface area contributed by atoms with Gasteiger partial charge in [0, 0.05) is 55.8 Å². The molecule has 9 rings (SSSR count). The van der Waals surface area contributed by atoms with Crippen LogP contribution in [0.25, 0.3) is 38.1 Å². The van der Waals surface area contributed by atoms with Crippen LogP contribution >= 0.6 is 0 Å². The lowest BCUT2D eigenvalue weighted by Crippen LogP contribution is -2.54. The highest BCUT2D eigenvalue weighted by molar-refractivity contribution is 6.85. The maximum absolute atomic E-state index is 11.9. The van der Waals surface area contributed by atoms with Crippen LogP contribution in [0.4, 0.5) is 0 Å². The lowest BCUT2D eigenvalue weighted by molar-refractivity contribution is 0.809. The van der Waals surface area contributed by atoms with Crippen LogP contribution in [0, 0.1) is 52.5 Å². The van der Waals surface area contributed by atoms with Gasteiger partial charge in [-0.2, -0.15) is 5.26 Å². The monoisotopic (exact) mass is 854 g/mol. The van der Waals surface area contributed by atoms with Crippen LogP contribution in [0.3, 0.4) is 0 Å². The van der Waals surface area contributed by atoms with Gasteiger partial charge in [0.2, 0.25) is 0 Å². The van der Waals surface area contributed by atoms with Gasteiger partial charge in [0.1, 0.15) is 11.6 Å². The van der Waals surface area contributed by atoms with E-state index < -0.39 is 13.7 Å². The lowest BCUT2D eigenvalue weighted by Gasteiger charge is -2.25. The van der Waals surface area contributed by atoms with Crippen LogP contribution in [0.5, 0.6) is 0 Å². The number of aromatic nitrogens is 6. The molecule has 0 spiro atoms. The highest BCUT2D eigenvalue weighted by atomic mass is 15.0. The summed E-state index contributed by atoms with van der Waals surface area (Å²) in [7, 11) is 0. The average Bonchev–Trinajstić information content (AvgIpc) is 3.80. The highest BCUT2D eigenvalue weighted by Crippen LogP contribution is 2.36. The fraction of sp³-hybridized carbons (Fsp3) is 0.143. The zero-order chi connectivity index (χ0) is 46.1. The molecule has 0 radical (unpaired) electrons. The summed E-state index contributed by atoms with van der Waals surface area (Å²) >= 11 is 0. The summed E-state index contributed by atoms with van der Waals surface area (Å²) in [5, 5.41) is 14.9. The summed E-state index contributed by atoms with van der Waals surface area (Å²) in [6, 6.07) is 56.9. The zero-order valence-corrected chi connectivity index (χ0v) is 38.3. The van der Waals surface area contributed by atoms with E-state index >= 15 is 0 Å². The van der Waals surface area contributed by atoms with Gasteiger partial charge in [-0.15, -0.1) is 0 Å². The standard InChI is InChI=1S/C56H48B2N8/c1-36(2)51-48-49(53(47(35-59)55-61-38(4)33-39(5)62-55)65(51)57(42-24-13-9-14-25-42)43-26-15-10-16-27-43)52(46-32-22-21-23-37(46)3)66(54(48)50(60-8)56-63-40(6)34-41(7)64-56)58(44-28-17-11-18-29-44)45-30-19-12-20-31-45/h9-34,36H,1-7H3/b53-47-,54-50+. The van der Waals surface area contributed by atoms with Crippen molar-refractivity contribution in [1.29, 1.82) is 5.26 Å². The second-order valence-electron chi connectivity index (χ2n) is 17.2. The highest BCUT2D eigenvalue weighted by Gasteiger charge is 2.37. The Kier molecular flexibility index (Phi) is 11.9. The maximum atomic E-state index is 11.9. The number of hydrogen-bond acceptors (Lipinski definition) is 5. The number of nitrogens with zero attached hydrogens (tertiary/aromatic N) is 8. The van der Waals surface area contributed by atoms with E-state index in [1.54, 1.807) is 0 Å². The first kappa shape index (κ1) is 43.2. The lowest BCUT2D eigenvalue weighted by atomic mass is 9.50. The molecule has 66 heavy (non-hydrogen) atoms. The molecule has 0 amide bonds. The fourth-order valence-corrected chi connectivity index (χ4v) is 9.71. The molecule has 0 saturated carbocycles. The summed E-state index contributed by atoms with van der Waals surface area (Å²) in [6.45, 7) is 22.7. The summed E-state index contributed by atoms with van der Waals surface area (Å²) in [6.07, 6.45) is 0. The van der Waals surface area contributed by atoms with E-state index in [1.165, 1.54) is 0 Å². The molecule has 8 nitrogen and oxygen atoms in total. The van der Waals surface area contributed by atoms with Gasteiger partial charge < -0.3 is 8.96 Å². The van der Waals surface area contributed by atoms with Crippen LogP contribution in [-0.2, 0) is 0 Å². The van der Waals surface area contributed by atoms with E-state index in [4.69, 9.17) is 19.9 Å². The van der Waals surface area contributed by atoms with Gasteiger partial charge >= 0.3 is 13.7 Å². The molecule has 0 aliphatic carbocycles. The molecule has 0 N–H and O–H groups in total. The van der Waals surface area contributed by atoms with Gasteiger partial charge in [0.05, 0.1) is 11.9 Å². The average molecular weight is 855 g/mol. The Morgan fingerprint density at radius 1 is 0.545 bits per heavy atom. The summed E-state index contributed by atoms with van der Waals surface area (Å²) in [5.41, 5.74) is 11.6. The van der Waals surface area contributed by atoms with Gasteiger partial charge in [-0.25, -0.2) is 24.8 Å². The van der Waals surface area contributed by atoms with Gasteiger partial charge in [-0.1, -0.05) is 181 Å². The van der Waals surface area contributed by atoms with E-state index in [2.05, 4.69) is 162 Å². The van der Waals surface area contributed by atoms with Gasteiger partial charge in [-0.05, 0) is 58.2 Å². The number of nitriles is 1. The number of rotatable bonds is 10. The first-order valence-corrected chi connectivity index (χ1v) is 22.3. The number of benzene rings is 5. The minimum Gasteiger partial charge on any atom is -0.384 e. The van der Waals surface area contributed by atoms with Crippen molar-refractivity contribution in [3.63, 3.8) is 0 Å². The third-order valence-electron chi connectivity index (χ3n) is 12.2. The van der Waals surface area contributed by atoms with Gasteiger partial charge in [0.25, 0.3) is 5.70 Å². The second kappa shape index (κ2) is 18.2. The third-order valence-corrected chi connectivity index (χ3v) is 12.2. The second-order valence-corrected chi connectivity index (χ2v) is 17.2. The molecule has 5 aromatic carbocycles. The fourth-order valence-electron chi connectivity index (χ4n) is 9.71. The zero-order valence-electron chi connectivity index (χ0n) is 38.3. The van der Waals surface area contributed by atoms with Crippen molar-refractivity contribution in [3.8, 4) is 17.3 Å². The molecule has 0 unspecified atom stereocenters. The predicted molar refractivity (Wildman–Crippen MR) is 270 cm³/mol. The molecule has 9 aromatic rings. The van der Waals surface area contributed by atoms with Crippen LogP contribution in [0.15, 0.2) is 158 Å². The molecule has 0 aliphatic heterocycles. The smallest absolute Gasteiger partial charge is 0.327 e. The molecule has 10 heteroatoms. The van der Waals surface area contributed by atoms with Gasteiger partial charge in [-0.3, -0.25) is 0 Å². The minimum atomic E-state index is -0.449. The van der Waals surface area contributed by atoms with E-state index in [-0.39, 0.29) is 5.92 Å². The van der Waals surface area contributed by atoms with Crippen LogP contribution in [-0.4, -0.2) is 42.6 Å². The Bertz CT molecular complexity index is 3280. The molecule has 0 fully saturated rings. The number of fused-ring (bicyclic) bond motifs is 1. The SMILES string of the molecule is [C-]#[N+]/C(c1nc(C)cc(C)n1)=c1\c2c(C(C)C)n(B(c3ccccc3)c3ccccc3)/c(=C(/C#N)c3nc(C)cc(C)n3)c2c(-c2ccccc2C)n1B(c1ccccc1)c1ccccc1. The largest absolute Gasteiger partial charge is 0.384 e. The Labute approximate surface area is 387 Å². The normalized spacial score (nSPS) is 12.2. The Balaban J connectivity index is 1.71. The van der Waals surface area contributed by atoms with Crippen molar-refractivity contribution in [2.24, 2.45) is 0 Å². The maximum Gasteiger partial charge on any atom is 0.327 e. The molecule has 0 aliphatic rings. The summed E-state index contributed by atoms with van der Waals surface area (Å²) in [4.78, 5) is 24.6. The van der Waals surface area contributed by atoms with E-state index in [0.29, 0.717) is 33.6 Å². The van der Waals surface area contributed by atoms with Crippen LogP contribution in [0.1, 0.15) is 65.4 Å². The van der Waals surface area contributed by atoms with Crippen molar-refractivity contribution in [2.45, 2.75) is 54.4 Å². The van der Waals surface area contributed by atoms with E-state index in [1.807, 2.05) is 64.1 Å².